The normalized spacial score (nSPS) is 21.9. The molecular weight excluding hydrogens is 322 g/mol. The standard InChI is InChI=1S/C23H31NO2/c1-22(2,3)20-14-19(15-24(20)23(4,5)6)26-21(25)18-12-11-16-9-7-8-10-17(16)13-18/h7-13,19-20H,14-15H2,1-6H3. The Morgan fingerprint density at radius 1 is 1.00 bits per heavy atom. The molecule has 1 aliphatic rings. The lowest BCUT2D eigenvalue weighted by Gasteiger charge is -2.42. The molecule has 2 unspecified atom stereocenters. The van der Waals surface area contributed by atoms with Crippen LogP contribution in [0.4, 0.5) is 0 Å². The molecule has 0 aromatic heterocycles. The van der Waals surface area contributed by atoms with Crippen molar-refractivity contribution in [3.8, 4) is 0 Å². The van der Waals surface area contributed by atoms with Gasteiger partial charge in [-0.05, 0) is 49.1 Å². The van der Waals surface area contributed by atoms with E-state index in [1.54, 1.807) is 0 Å². The van der Waals surface area contributed by atoms with Gasteiger partial charge in [0.1, 0.15) is 6.10 Å². The molecule has 140 valence electrons. The van der Waals surface area contributed by atoms with Gasteiger partial charge in [0, 0.05) is 24.5 Å². The maximum Gasteiger partial charge on any atom is 0.338 e. The summed E-state index contributed by atoms with van der Waals surface area (Å²) in [6.45, 7) is 14.3. The minimum absolute atomic E-state index is 0.0576. The summed E-state index contributed by atoms with van der Waals surface area (Å²) in [6.07, 6.45) is 0.831. The first-order valence-electron chi connectivity index (χ1n) is 9.52. The van der Waals surface area contributed by atoms with Crippen LogP contribution in [0.3, 0.4) is 0 Å². The molecule has 26 heavy (non-hydrogen) atoms. The van der Waals surface area contributed by atoms with E-state index in [-0.39, 0.29) is 23.0 Å². The van der Waals surface area contributed by atoms with E-state index in [2.05, 4.69) is 52.5 Å². The molecule has 0 radical (unpaired) electrons. The molecule has 2 aromatic carbocycles. The lowest BCUT2D eigenvalue weighted by atomic mass is 9.83. The number of rotatable bonds is 2. The first kappa shape index (κ1) is 18.9. The van der Waals surface area contributed by atoms with Crippen molar-refractivity contribution in [2.75, 3.05) is 6.54 Å². The molecule has 0 saturated carbocycles. The Labute approximate surface area is 157 Å². The topological polar surface area (TPSA) is 29.5 Å². The van der Waals surface area contributed by atoms with Crippen molar-refractivity contribution in [2.24, 2.45) is 5.41 Å². The smallest absolute Gasteiger partial charge is 0.338 e. The third-order valence-corrected chi connectivity index (χ3v) is 5.38. The number of carbonyl (C=O) groups excluding carboxylic acids is 1. The van der Waals surface area contributed by atoms with Crippen molar-refractivity contribution in [1.82, 2.24) is 4.90 Å². The van der Waals surface area contributed by atoms with Crippen LogP contribution in [0.2, 0.25) is 0 Å². The second-order valence-electron chi connectivity index (χ2n) is 9.53. The van der Waals surface area contributed by atoms with E-state index in [1.165, 1.54) is 0 Å². The van der Waals surface area contributed by atoms with Crippen molar-refractivity contribution < 1.29 is 9.53 Å². The average molecular weight is 354 g/mol. The summed E-state index contributed by atoms with van der Waals surface area (Å²) in [6, 6.07) is 14.3. The molecule has 3 nitrogen and oxygen atoms in total. The fourth-order valence-electron chi connectivity index (χ4n) is 3.98. The van der Waals surface area contributed by atoms with E-state index in [0.29, 0.717) is 11.6 Å². The predicted octanol–water partition coefficient (Wildman–Crippen LogP) is 5.28. The molecule has 3 rings (SSSR count). The highest BCUT2D eigenvalue weighted by atomic mass is 16.5. The summed E-state index contributed by atoms with van der Waals surface area (Å²) in [7, 11) is 0. The molecule has 1 heterocycles. The van der Waals surface area contributed by atoms with Gasteiger partial charge in [0.2, 0.25) is 0 Å². The van der Waals surface area contributed by atoms with Crippen LogP contribution >= 0.6 is 0 Å². The largest absolute Gasteiger partial charge is 0.457 e. The number of fused-ring (bicyclic) bond motifs is 1. The molecule has 0 spiro atoms. The van der Waals surface area contributed by atoms with Crippen LogP contribution in [-0.2, 0) is 4.74 Å². The predicted molar refractivity (Wildman–Crippen MR) is 107 cm³/mol. The van der Waals surface area contributed by atoms with Crippen molar-refractivity contribution in [3.05, 3.63) is 48.0 Å². The Balaban J connectivity index is 1.76. The Kier molecular flexibility index (Phi) is 4.87. The van der Waals surface area contributed by atoms with Gasteiger partial charge in [0.05, 0.1) is 5.56 Å². The molecule has 1 saturated heterocycles. The maximum atomic E-state index is 12.7. The summed E-state index contributed by atoms with van der Waals surface area (Å²) >= 11 is 0. The van der Waals surface area contributed by atoms with Gasteiger partial charge in [-0.1, -0.05) is 51.1 Å². The summed E-state index contributed by atoms with van der Waals surface area (Å²) in [5.74, 6) is -0.218. The van der Waals surface area contributed by atoms with Crippen molar-refractivity contribution in [2.45, 2.75) is 65.6 Å². The molecule has 0 amide bonds. The van der Waals surface area contributed by atoms with Crippen molar-refractivity contribution in [3.63, 3.8) is 0 Å². The van der Waals surface area contributed by atoms with Crippen molar-refractivity contribution >= 4 is 16.7 Å². The van der Waals surface area contributed by atoms with Crippen LogP contribution in [0.5, 0.6) is 0 Å². The second kappa shape index (κ2) is 6.70. The van der Waals surface area contributed by atoms with Gasteiger partial charge in [0.25, 0.3) is 0 Å². The minimum atomic E-state index is -0.218. The van der Waals surface area contributed by atoms with E-state index in [4.69, 9.17) is 4.74 Å². The number of likely N-dealkylation sites (tertiary alicyclic amines) is 1. The van der Waals surface area contributed by atoms with Gasteiger partial charge in [-0.3, -0.25) is 4.90 Å². The highest BCUT2D eigenvalue weighted by Crippen LogP contribution is 2.38. The average Bonchev–Trinajstić information content (AvgIpc) is 2.99. The van der Waals surface area contributed by atoms with Crippen LogP contribution in [0.15, 0.2) is 42.5 Å². The van der Waals surface area contributed by atoms with Crippen LogP contribution in [0, 0.1) is 5.41 Å². The first-order valence-corrected chi connectivity index (χ1v) is 9.52. The minimum Gasteiger partial charge on any atom is -0.457 e. The van der Waals surface area contributed by atoms with Crippen LogP contribution < -0.4 is 0 Å². The molecule has 1 fully saturated rings. The number of carbonyl (C=O) groups is 1. The number of hydrogen-bond donors (Lipinski definition) is 0. The molecule has 0 bridgehead atoms. The number of ether oxygens (including phenoxy) is 1. The Morgan fingerprint density at radius 3 is 2.23 bits per heavy atom. The van der Waals surface area contributed by atoms with E-state index in [9.17, 15) is 4.79 Å². The molecular formula is C23H31NO2. The summed E-state index contributed by atoms with van der Waals surface area (Å²) in [5.41, 5.74) is 0.838. The van der Waals surface area contributed by atoms with Crippen LogP contribution in [0.25, 0.3) is 10.8 Å². The number of esters is 1. The van der Waals surface area contributed by atoms with E-state index in [0.717, 1.165) is 23.7 Å². The summed E-state index contributed by atoms with van der Waals surface area (Å²) in [5, 5.41) is 2.20. The lowest BCUT2D eigenvalue weighted by molar-refractivity contribution is 0.0279. The Hall–Kier alpha value is -1.87. The Morgan fingerprint density at radius 2 is 1.65 bits per heavy atom. The van der Waals surface area contributed by atoms with Gasteiger partial charge < -0.3 is 4.74 Å². The molecule has 2 atom stereocenters. The monoisotopic (exact) mass is 353 g/mol. The molecule has 0 N–H and O–H groups in total. The zero-order valence-electron chi connectivity index (χ0n) is 16.9. The van der Waals surface area contributed by atoms with Crippen LogP contribution in [0.1, 0.15) is 58.3 Å². The maximum absolute atomic E-state index is 12.7. The van der Waals surface area contributed by atoms with Gasteiger partial charge in [0.15, 0.2) is 0 Å². The Bertz CT molecular complexity index is 776. The van der Waals surface area contributed by atoms with Gasteiger partial charge in [-0.15, -0.1) is 0 Å². The SMILES string of the molecule is CC(C)(C)C1CC(OC(=O)c2ccc3ccccc3c2)CN1C(C)(C)C. The highest BCUT2D eigenvalue weighted by Gasteiger charge is 2.44. The first-order chi connectivity index (χ1) is 12.1. The summed E-state index contributed by atoms with van der Waals surface area (Å²) in [4.78, 5) is 15.2. The van der Waals surface area contributed by atoms with Gasteiger partial charge in [-0.2, -0.15) is 0 Å². The van der Waals surface area contributed by atoms with Crippen molar-refractivity contribution in [1.29, 1.82) is 0 Å². The highest BCUT2D eigenvalue weighted by molar-refractivity contribution is 5.95. The third-order valence-electron chi connectivity index (χ3n) is 5.38. The quantitative estimate of drug-likeness (QED) is 0.688. The number of hydrogen-bond acceptors (Lipinski definition) is 3. The fourth-order valence-corrected chi connectivity index (χ4v) is 3.98. The zero-order valence-corrected chi connectivity index (χ0v) is 16.9. The summed E-state index contributed by atoms with van der Waals surface area (Å²) < 4.78 is 5.92. The second-order valence-corrected chi connectivity index (χ2v) is 9.53. The molecule has 1 aliphatic heterocycles. The lowest BCUT2D eigenvalue weighted by Crippen LogP contribution is -2.49. The number of benzene rings is 2. The van der Waals surface area contributed by atoms with E-state index in [1.807, 2.05) is 36.4 Å². The third kappa shape index (κ3) is 3.93. The van der Waals surface area contributed by atoms with Gasteiger partial charge >= 0.3 is 5.97 Å². The molecule has 2 aromatic rings. The van der Waals surface area contributed by atoms with Crippen LogP contribution in [-0.4, -0.2) is 35.1 Å². The van der Waals surface area contributed by atoms with E-state index < -0.39 is 0 Å². The van der Waals surface area contributed by atoms with E-state index >= 15 is 0 Å². The number of nitrogens with zero attached hydrogens (tertiary/aromatic N) is 1. The molecule has 0 aliphatic carbocycles. The zero-order chi connectivity index (χ0) is 19.1. The van der Waals surface area contributed by atoms with Gasteiger partial charge in [-0.25, -0.2) is 4.79 Å². The molecule has 3 heteroatoms. The fraction of sp³-hybridized carbons (Fsp3) is 0.522.